The third kappa shape index (κ3) is 3.98. The van der Waals surface area contributed by atoms with Crippen LogP contribution in [0.4, 0.5) is 0 Å². The Bertz CT molecular complexity index is 1160. The number of nitrogens with zero attached hydrogens (tertiary/aromatic N) is 4. The first kappa shape index (κ1) is 19.1. The molecule has 0 bridgehead atoms. The van der Waals surface area contributed by atoms with Crippen LogP contribution in [0.1, 0.15) is 11.1 Å². The lowest BCUT2D eigenvalue weighted by atomic mass is 10.1. The number of hydrogen-bond donors (Lipinski definition) is 0. The van der Waals surface area contributed by atoms with Crippen LogP contribution in [-0.4, -0.2) is 26.4 Å². The zero-order chi connectivity index (χ0) is 20.2. The van der Waals surface area contributed by atoms with E-state index >= 15 is 0 Å². The van der Waals surface area contributed by atoms with Crippen molar-refractivity contribution < 1.29 is 4.74 Å². The summed E-state index contributed by atoms with van der Waals surface area (Å²) in [6.07, 6.45) is 4.44. The molecule has 0 radical (unpaired) electrons. The highest BCUT2D eigenvalue weighted by Crippen LogP contribution is 2.30. The van der Waals surface area contributed by atoms with Gasteiger partial charge in [-0.15, -0.1) is 0 Å². The number of pyridine rings is 1. The molecule has 0 aliphatic carbocycles. The van der Waals surface area contributed by atoms with Crippen LogP contribution in [0.5, 0.6) is 5.75 Å². The normalized spacial score (nSPS) is 10.8. The molecule has 146 valence electrons. The third-order valence-electron chi connectivity index (χ3n) is 4.84. The van der Waals surface area contributed by atoms with E-state index in [2.05, 4.69) is 36.2 Å². The van der Waals surface area contributed by atoms with Gasteiger partial charge in [-0.05, 0) is 67.5 Å². The van der Waals surface area contributed by atoms with E-state index in [1.807, 2.05) is 45.6 Å². The lowest BCUT2D eigenvalue weighted by molar-refractivity contribution is 0.416. The molecule has 0 atom stereocenters. The van der Waals surface area contributed by atoms with Crippen molar-refractivity contribution in [3.63, 3.8) is 0 Å². The molecule has 6 heteroatoms. The molecular formula is C23H22N4OS. The Labute approximate surface area is 175 Å². The van der Waals surface area contributed by atoms with E-state index < -0.39 is 0 Å². The van der Waals surface area contributed by atoms with E-state index in [-0.39, 0.29) is 0 Å². The van der Waals surface area contributed by atoms with Crippen LogP contribution in [-0.2, 0) is 13.0 Å². The molecule has 0 aliphatic heterocycles. The summed E-state index contributed by atoms with van der Waals surface area (Å²) in [7, 11) is 1.67. The maximum absolute atomic E-state index is 5.83. The average Bonchev–Trinajstić information content (AvgIpc) is 3.09. The Morgan fingerprint density at radius 1 is 0.966 bits per heavy atom. The number of hydrogen-bond acceptors (Lipinski definition) is 4. The van der Waals surface area contributed by atoms with Crippen molar-refractivity contribution in [2.75, 3.05) is 7.11 Å². The molecule has 0 fully saturated rings. The molecule has 29 heavy (non-hydrogen) atoms. The number of rotatable bonds is 6. The molecule has 2 heterocycles. The van der Waals surface area contributed by atoms with Crippen LogP contribution in [0, 0.1) is 11.7 Å². The average molecular weight is 403 g/mol. The third-order valence-corrected chi connectivity index (χ3v) is 5.23. The van der Waals surface area contributed by atoms with E-state index in [0.717, 1.165) is 29.2 Å². The van der Waals surface area contributed by atoms with Gasteiger partial charge in [-0.25, -0.2) is 4.68 Å². The molecule has 4 rings (SSSR count). The minimum Gasteiger partial charge on any atom is -0.496 e. The van der Waals surface area contributed by atoms with Crippen molar-refractivity contribution in [2.45, 2.75) is 19.9 Å². The van der Waals surface area contributed by atoms with E-state index in [1.54, 1.807) is 19.5 Å². The van der Waals surface area contributed by atoms with Gasteiger partial charge in [0.15, 0.2) is 5.82 Å². The Morgan fingerprint density at radius 2 is 1.69 bits per heavy atom. The fraction of sp³-hybridized carbons (Fsp3) is 0.174. The van der Waals surface area contributed by atoms with Crippen LogP contribution in [0.2, 0.25) is 0 Å². The zero-order valence-electron chi connectivity index (χ0n) is 16.4. The molecule has 0 amide bonds. The maximum atomic E-state index is 5.83. The quantitative estimate of drug-likeness (QED) is 0.425. The summed E-state index contributed by atoms with van der Waals surface area (Å²) in [6, 6.07) is 20.2. The molecule has 0 N–H and O–H groups in total. The standard InChI is InChI=1S/C23H22N4OS/c1-17-7-9-19(10-8-17)27-22(20-5-3-4-6-21(20)28-2)25-26(23(27)29)16-13-18-11-14-24-15-12-18/h3-12,14-15H,13,16H2,1-2H3. The van der Waals surface area contributed by atoms with Crippen molar-refractivity contribution in [1.29, 1.82) is 0 Å². The Hall–Kier alpha value is -3.25. The zero-order valence-corrected chi connectivity index (χ0v) is 17.3. The van der Waals surface area contributed by atoms with Gasteiger partial charge in [0, 0.05) is 24.6 Å². The predicted octanol–water partition coefficient (Wildman–Crippen LogP) is 5.03. The van der Waals surface area contributed by atoms with Gasteiger partial charge in [-0.3, -0.25) is 9.55 Å². The minimum atomic E-state index is 0.656. The van der Waals surface area contributed by atoms with Gasteiger partial charge in [-0.2, -0.15) is 5.10 Å². The van der Waals surface area contributed by atoms with Gasteiger partial charge in [0.1, 0.15) is 5.75 Å². The monoisotopic (exact) mass is 402 g/mol. The number of methoxy groups -OCH3 is 1. The number of aryl methyl sites for hydroxylation is 3. The molecule has 0 unspecified atom stereocenters. The van der Waals surface area contributed by atoms with E-state index in [4.69, 9.17) is 22.1 Å². The van der Waals surface area contributed by atoms with Crippen molar-refractivity contribution in [2.24, 2.45) is 0 Å². The van der Waals surface area contributed by atoms with Crippen LogP contribution in [0.15, 0.2) is 73.1 Å². The molecule has 2 aromatic carbocycles. The molecule has 5 nitrogen and oxygen atoms in total. The Balaban J connectivity index is 1.82. The Kier molecular flexibility index (Phi) is 5.53. The smallest absolute Gasteiger partial charge is 0.202 e. The van der Waals surface area contributed by atoms with Crippen molar-refractivity contribution in [3.8, 4) is 22.8 Å². The van der Waals surface area contributed by atoms with Gasteiger partial charge in [-0.1, -0.05) is 29.8 Å². The van der Waals surface area contributed by atoms with Gasteiger partial charge >= 0.3 is 0 Å². The van der Waals surface area contributed by atoms with Crippen LogP contribution in [0.3, 0.4) is 0 Å². The lowest BCUT2D eigenvalue weighted by Crippen LogP contribution is -2.04. The second-order valence-corrected chi connectivity index (χ2v) is 7.17. The van der Waals surface area contributed by atoms with Crippen LogP contribution < -0.4 is 4.74 Å². The Morgan fingerprint density at radius 3 is 2.41 bits per heavy atom. The van der Waals surface area contributed by atoms with Crippen LogP contribution in [0.25, 0.3) is 17.1 Å². The highest BCUT2D eigenvalue weighted by Gasteiger charge is 2.17. The summed E-state index contributed by atoms with van der Waals surface area (Å²) in [5.41, 5.74) is 4.29. The summed E-state index contributed by atoms with van der Waals surface area (Å²) >= 11 is 5.83. The molecule has 0 saturated heterocycles. The topological polar surface area (TPSA) is 44.9 Å². The van der Waals surface area contributed by atoms with Crippen LogP contribution >= 0.6 is 12.2 Å². The lowest BCUT2D eigenvalue weighted by Gasteiger charge is -2.10. The highest BCUT2D eigenvalue weighted by molar-refractivity contribution is 7.71. The minimum absolute atomic E-state index is 0.656. The highest BCUT2D eigenvalue weighted by atomic mass is 32.1. The first-order valence-electron chi connectivity index (χ1n) is 9.46. The first-order chi connectivity index (χ1) is 14.2. The summed E-state index contributed by atoms with van der Waals surface area (Å²) in [6.45, 7) is 2.76. The molecule has 0 aliphatic rings. The van der Waals surface area contributed by atoms with E-state index in [1.165, 1.54) is 11.1 Å². The fourth-order valence-electron chi connectivity index (χ4n) is 3.27. The number of para-hydroxylation sites is 1. The molecular weight excluding hydrogens is 380 g/mol. The summed E-state index contributed by atoms with van der Waals surface area (Å²) in [5, 5.41) is 4.88. The van der Waals surface area contributed by atoms with Crippen molar-refractivity contribution in [1.82, 2.24) is 19.3 Å². The summed E-state index contributed by atoms with van der Waals surface area (Å²) in [5.74, 6) is 1.54. The van der Waals surface area contributed by atoms with E-state index in [9.17, 15) is 0 Å². The largest absolute Gasteiger partial charge is 0.496 e. The predicted molar refractivity (Wildman–Crippen MR) is 117 cm³/mol. The van der Waals surface area contributed by atoms with Gasteiger partial charge < -0.3 is 4.74 Å². The number of aromatic nitrogens is 4. The fourth-order valence-corrected chi connectivity index (χ4v) is 3.59. The number of ether oxygens (including phenoxy) is 1. The van der Waals surface area contributed by atoms with Crippen molar-refractivity contribution in [3.05, 3.63) is 89.0 Å². The summed E-state index contributed by atoms with van der Waals surface area (Å²) < 4.78 is 10.1. The SMILES string of the molecule is COc1ccccc1-c1nn(CCc2ccncc2)c(=S)n1-c1ccc(C)cc1. The van der Waals surface area contributed by atoms with E-state index in [0.29, 0.717) is 11.3 Å². The maximum Gasteiger partial charge on any atom is 0.202 e. The molecule has 0 spiro atoms. The molecule has 0 saturated carbocycles. The number of benzene rings is 2. The second kappa shape index (κ2) is 8.41. The second-order valence-electron chi connectivity index (χ2n) is 6.81. The van der Waals surface area contributed by atoms with Crippen molar-refractivity contribution >= 4 is 12.2 Å². The molecule has 2 aromatic heterocycles. The molecule has 4 aromatic rings. The van der Waals surface area contributed by atoms with Gasteiger partial charge in [0.05, 0.1) is 12.7 Å². The first-order valence-corrected chi connectivity index (χ1v) is 9.87. The summed E-state index contributed by atoms with van der Waals surface area (Å²) in [4.78, 5) is 4.08. The van der Waals surface area contributed by atoms with Gasteiger partial charge in [0.2, 0.25) is 4.77 Å². The van der Waals surface area contributed by atoms with Gasteiger partial charge in [0.25, 0.3) is 0 Å².